The zero-order valence-corrected chi connectivity index (χ0v) is 17.7. The molecule has 0 fully saturated rings. The number of nitrogens with two attached hydrogens (primary N) is 1. The highest BCUT2D eigenvalue weighted by molar-refractivity contribution is 7.89. The molecule has 0 amide bonds. The van der Waals surface area contributed by atoms with E-state index in [1.54, 1.807) is 63.2 Å². The lowest BCUT2D eigenvalue weighted by Gasteiger charge is -2.18. The van der Waals surface area contributed by atoms with Crippen molar-refractivity contribution in [3.63, 3.8) is 0 Å². The number of aromatic nitrogens is 2. The molecular formula is C20H20ClN3O4S. The summed E-state index contributed by atoms with van der Waals surface area (Å²) in [5.41, 5.74) is 1.40. The molecule has 0 aliphatic carbocycles. The number of esters is 1. The summed E-state index contributed by atoms with van der Waals surface area (Å²) >= 11 is 5.98. The van der Waals surface area contributed by atoms with Gasteiger partial charge in [-0.05, 0) is 63.2 Å². The highest BCUT2D eigenvalue weighted by Crippen LogP contribution is 2.27. The van der Waals surface area contributed by atoms with Crippen LogP contribution in [0.25, 0.3) is 16.9 Å². The summed E-state index contributed by atoms with van der Waals surface area (Å²) in [5, 5.41) is 10.1. The number of sulfonamides is 1. The van der Waals surface area contributed by atoms with Gasteiger partial charge in [0.05, 0.1) is 16.3 Å². The minimum Gasteiger partial charge on any atom is -0.455 e. The van der Waals surface area contributed by atoms with E-state index in [1.165, 1.54) is 16.8 Å². The van der Waals surface area contributed by atoms with Crippen LogP contribution in [0, 0.1) is 0 Å². The van der Waals surface area contributed by atoms with Crippen LogP contribution in [0.2, 0.25) is 5.02 Å². The number of carbonyl (C=O) groups excluding carboxylic acids is 1. The number of hydrogen-bond acceptors (Lipinski definition) is 5. The highest BCUT2D eigenvalue weighted by atomic mass is 35.5. The minimum atomic E-state index is -3.82. The van der Waals surface area contributed by atoms with Crippen molar-refractivity contribution in [3.05, 3.63) is 65.3 Å². The number of primary sulfonamides is 1. The molecule has 0 spiro atoms. The first kappa shape index (κ1) is 21.0. The van der Waals surface area contributed by atoms with E-state index in [0.717, 1.165) is 5.56 Å². The summed E-state index contributed by atoms with van der Waals surface area (Å²) in [5.74, 6) is -0.562. The molecule has 3 rings (SSSR count). The monoisotopic (exact) mass is 433 g/mol. The third-order valence-electron chi connectivity index (χ3n) is 3.87. The molecule has 0 saturated heterocycles. The Morgan fingerprint density at radius 3 is 2.17 bits per heavy atom. The van der Waals surface area contributed by atoms with E-state index in [9.17, 15) is 13.2 Å². The van der Waals surface area contributed by atoms with Crippen LogP contribution in [0.1, 0.15) is 31.3 Å². The van der Waals surface area contributed by atoms with Crippen LogP contribution in [0.3, 0.4) is 0 Å². The summed E-state index contributed by atoms with van der Waals surface area (Å²) < 4.78 is 30.0. The second kappa shape index (κ2) is 7.62. The molecule has 2 N–H and O–H groups in total. The zero-order valence-electron chi connectivity index (χ0n) is 16.1. The van der Waals surface area contributed by atoms with Crippen molar-refractivity contribution in [1.29, 1.82) is 0 Å². The molecule has 0 saturated carbocycles. The summed E-state index contributed by atoms with van der Waals surface area (Å²) in [6.07, 6.45) is 0. The number of nitrogens with zero attached hydrogens (tertiary/aromatic N) is 2. The van der Waals surface area contributed by atoms with E-state index < -0.39 is 21.6 Å². The summed E-state index contributed by atoms with van der Waals surface area (Å²) in [7, 11) is -3.82. The van der Waals surface area contributed by atoms with Gasteiger partial charge in [-0.3, -0.25) is 0 Å². The van der Waals surface area contributed by atoms with Crippen LogP contribution in [0.4, 0.5) is 0 Å². The lowest BCUT2D eigenvalue weighted by atomic mass is 10.1. The standard InChI is InChI=1S/C20H20ClN3O4S/c1-20(2,3)28-19(25)17-12-18(13-4-6-14(21)7-5-13)24(23-17)15-8-10-16(11-9-15)29(22,26)27/h4-12H,1-3H3,(H2,22,26,27). The van der Waals surface area contributed by atoms with Crippen molar-refractivity contribution in [2.45, 2.75) is 31.3 Å². The van der Waals surface area contributed by atoms with Gasteiger partial charge < -0.3 is 4.74 Å². The molecule has 0 bridgehead atoms. The highest BCUT2D eigenvalue weighted by Gasteiger charge is 2.23. The number of ether oxygens (including phenoxy) is 1. The third kappa shape index (κ3) is 5.03. The quantitative estimate of drug-likeness (QED) is 0.630. The minimum absolute atomic E-state index is 0.0196. The molecule has 9 heteroatoms. The van der Waals surface area contributed by atoms with Crippen molar-refractivity contribution < 1.29 is 17.9 Å². The predicted octanol–water partition coefficient (Wildman–Crippen LogP) is 3.80. The Bertz CT molecular complexity index is 1150. The second-order valence-electron chi connectivity index (χ2n) is 7.37. The van der Waals surface area contributed by atoms with E-state index >= 15 is 0 Å². The van der Waals surface area contributed by atoms with Crippen molar-refractivity contribution >= 4 is 27.6 Å². The largest absolute Gasteiger partial charge is 0.455 e. The normalized spacial score (nSPS) is 12.0. The van der Waals surface area contributed by atoms with Crippen LogP contribution in [-0.4, -0.2) is 29.8 Å². The molecule has 2 aromatic carbocycles. The molecular weight excluding hydrogens is 414 g/mol. The number of benzene rings is 2. The molecule has 0 atom stereocenters. The van der Waals surface area contributed by atoms with Crippen LogP contribution >= 0.6 is 11.6 Å². The Balaban J connectivity index is 2.11. The first-order valence-electron chi connectivity index (χ1n) is 8.67. The van der Waals surface area contributed by atoms with Gasteiger partial charge in [0.15, 0.2) is 5.69 Å². The van der Waals surface area contributed by atoms with Gasteiger partial charge in [0, 0.05) is 10.6 Å². The van der Waals surface area contributed by atoms with Crippen molar-refractivity contribution in [2.75, 3.05) is 0 Å². The van der Waals surface area contributed by atoms with Crippen LogP contribution in [0.15, 0.2) is 59.5 Å². The summed E-state index contributed by atoms with van der Waals surface area (Å²) in [6.45, 7) is 5.32. The smallest absolute Gasteiger partial charge is 0.359 e. The molecule has 152 valence electrons. The van der Waals surface area contributed by atoms with E-state index in [2.05, 4.69) is 5.10 Å². The fraction of sp³-hybridized carbons (Fsp3) is 0.200. The molecule has 0 aliphatic rings. The Morgan fingerprint density at radius 1 is 1.07 bits per heavy atom. The molecule has 1 heterocycles. The Morgan fingerprint density at radius 2 is 1.66 bits per heavy atom. The average Bonchev–Trinajstić information content (AvgIpc) is 3.06. The molecule has 0 unspecified atom stereocenters. The summed E-state index contributed by atoms with van der Waals surface area (Å²) in [4.78, 5) is 12.5. The van der Waals surface area contributed by atoms with Gasteiger partial charge in [-0.1, -0.05) is 23.7 Å². The maximum atomic E-state index is 12.5. The average molecular weight is 434 g/mol. The van der Waals surface area contributed by atoms with E-state index in [4.69, 9.17) is 21.5 Å². The van der Waals surface area contributed by atoms with E-state index in [1.807, 2.05) is 0 Å². The van der Waals surface area contributed by atoms with Gasteiger partial charge in [0.2, 0.25) is 10.0 Å². The SMILES string of the molecule is CC(C)(C)OC(=O)c1cc(-c2ccc(Cl)cc2)n(-c2ccc(S(N)(=O)=O)cc2)n1. The van der Waals surface area contributed by atoms with Crippen LogP contribution in [-0.2, 0) is 14.8 Å². The predicted molar refractivity (Wildman–Crippen MR) is 111 cm³/mol. The van der Waals surface area contributed by atoms with Crippen LogP contribution in [0.5, 0.6) is 0 Å². The van der Waals surface area contributed by atoms with Crippen molar-refractivity contribution in [3.8, 4) is 16.9 Å². The van der Waals surface area contributed by atoms with Crippen molar-refractivity contribution in [1.82, 2.24) is 9.78 Å². The third-order valence-corrected chi connectivity index (χ3v) is 5.05. The number of halogens is 1. The Kier molecular flexibility index (Phi) is 5.53. The Labute approximate surface area is 174 Å². The molecule has 7 nitrogen and oxygen atoms in total. The fourth-order valence-corrected chi connectivity index (χ4v) is 3.25. The van der Waals surface area contributed by atoms with E-state index in [-0.39, 0.29) is 10.6 Å². The number of hydrogen-bond donors (Lipinski definition) is 1. The number of rotatable bonds is 4. The van der Waals surface area contributed by atoms with Gasteiger partial charge in [0.25, 0.3) is 0 Å². The van der Waals surface area contributed by atoms with Gasteiger partial charge >= 0.3 is 5.97 Å². The zero-order chi connectivity index (χ0) is 21.4. The van der Waals surface area contributed by atoms with E-state index in [0.29, 0.717) is 16.4 Å². The van der Waals surface area contributed by atoms with Gasteiger partial charge in [-0.15, -0.1) is 0 Å². The molecule has 0 radical (unpaired) electrons. The fourth-order valence-electron chi connectivity index (χ4n) is 2.61. The summed E-state index contributed by atoms with van der Waals surface area (Å²) in [6, 6.07) is 14.6. The topological polar surface area (TPSA) is 104 Å². The lowest BCUT2D eigenvalue weighted by Crippen LogP contribution is -2.24. The van der Waals surface area contributed by atoms with Gasteiger partial charge in [0.1, 0.15) is 5.60 Å². The maximum Gasteiger partial charge on any atom is 0.359 e. The lowest BCUT2D eigenvalue weighted by molar-refractivity contribution is 0.00623. The number of carbonyl (C=O) groups is 1. The second-order valence-corrected chi connectivity index (χ2v) is 9.37. The van der Waals surface area contributed by atoms with Gasteiger partial charge in [-0.25, -0.2) is 23.0 Å². The first-order chi connectivity index (χ1) is 13.4. The van der Waals surface area contributed by atoms with Crippen LogP contribution < -0.4 is 5.14 Å². The van der Waals surface area contributed by atoms with Gasteiger partial charge in [-0.2, -0.15) is 5.10 Å². The maximum absolute atomic E-state index is 12.5. The first-order valence-corrected chi connectivity index (χ1v) is 10.6. The molecule has 3 aromatic rings. The molecule has 1 aromatic heterocycles. The Hall–Kier alpha value is -2.68. The molecule has 29 heavy (non-hydrogen) atoms. The molecule has 0 aliphatic heterocycles. The van der Waals surface area contributed by atoms with Crippen molar-refractivity contribution in [2.24, 2.45) is 5.14 Å².